The van der Waals surface area contributed by atoms with E-state index >= 15 is 0 Å². The summed E-state index contributed by atoms with van der Waals surface area (Å²) in [6.07, 6.45) is 0. The molecular weight excluding hydrogens is 188 g/mol. The highest BCUT2D eigenvalue weighted by Crippen LogP contribution is 2.06. The Morgan fingerprint density at radius 1 is 1.15 bits per heavy atom. The van der Waals surface area contributed by atoms with Crippen molar-refractivity contribution in [2.24, 2.45) is 0 Å². The Morgan fingerprint density at radius 2 is 1.62 bits per heavy atom. The number of Topliss-reactive ketones (excluding diaryl/α,β-unsaturated/α-hetero) is 2. The van der Waals surface area contributed by atoms with Gasteiger partial charge in [0.05, 0.1) is 5.88 Å². The Morgan fingerprint density at radius 3 is 2.00 bits per heavy atom. The van der Waals surface area contributed by atoms with Crippen LogP contribution < -0.4 is 0 Å². The van der Waals surface area contributed by atoms with Gasteiger partial charge in [0.15, 0.2) is 11.6 Å². The highest BCUT2D eigenvalue weighted by molar-refractivity contribution is 6.30. The molecule has 0 aromatic heterocycles. The van der Waals surface area contributed by atoms with Gasteiger partial charge in [0, 0.05) is 11.1 Å². The van der Waals surface area contributed by atoms with Gasteiger partial charge in [-0.15, -0.1) is 11.6 Å². The highest BCUT2D eigenvalue weighted by atomic mass is 35.5. The maximum Gasteiger partial charge on any atom is 0.177 e. The van der Waals surface area contributed by atoms with E-state index in [0.29, 0.717) is 11.1 Å². The van der Waals surface area contributed by atoms with E-state index in [4.69, 9.17) is 11.6 Å². The number of alkyl halides is 1. The van der Waals surface area contributed by atoms with Gasteiger partial charge in [0.2, 0.25) is 0 Å². The van der Waals surface area contributed by atoms with E-state index in [1.54, 1.807) is 24.3 Å². The fourth-order valence-electron chi connectivity index (χ4n) is 0.968. The van der Waals surface area contributed by atoms with Crippen LogP contribution >= 0.6 is 11.6 Å². The zero-order chi connectivity index (χ0) is 9.84. The van der Waals surface area contributed by atoms with Crippen LogP contribution in [0.1, 0.15) is 27.6 Å². The monoisotopic (exact) mass is 196 g/mol. The van der Waals surface area contributed by atoms with Crippen molar-refractivity contribution in [3.63, 3.8) is 0 Å². The SMILES string of the molecule is CC(=O)c1ccc(C(=O)CCl)cc1. The molecule has 0 N–H and O–H groups in total. The lowest BCUT2D eigenvalue weighted by atomic mass is 10.1. The first kappa shape index (κ1) is 9.93. The van der Waals surface area contributed by atoms with Gasteiger partial charge in [-0.25, -0.2) is 0 Å². The van der Waals surface area contributed by atoms with E-state index in [9.17, 15) is 9.59 Å². The summed E-state index contributed by atoms with van der Waals surface area (Å²) in [6, 6.07) is 6.48. The minimum Gasteiger partial charge on any atom is -0.295 e. The molecule has 0 fully saturated rings. The molecule has 0 heterocycles. The molecule has 0 amide bonds. The summed E-state index contributed by atoms with van der Waals surface area (Å²) >= 11 is 5.37. The Hall–Kier alpha value is -1.15. The first-order valence-electron chi connectivity index (χ1n) is 3.85. The van der Waals surface area contributed by atoms with Gasteiger partial charge in [-0.1, -0.05) is 24.3 Å². The number of rotatable bonds is 3. The molecule has 1 aromatic carbocycles. The van der Waals surface area contributed by atoms with Crippen molar-refractivity contribution in [2.75, 3.05) is 5.88 Å². The van der Waals surface area contributed by atoms with Crippen LogP contribution in [0.3, 0.4) is 0 Å². The minimum atomic E-state index is -0.128. The van der Waals surface area contributed by atoms with Crippen molar-refractivity contribution in [3.8, 4) is 0 Å². The molecule has 0 radical (unpaired) electrons. The second-order valence-electron chi connectivity index (χ2n) is 2.69. The smallest absolute Gasteiger partial charge is 0.177 e. The van der Waals surface area contributed by atoms with Crippen molar-refractivity contribution in [3.05, 3.63) is 35.4 Å². The van der Waals surface area contributed by atoms with E-state index < -0.39 is 0 Å². The molecule has 0 aliphatic rings. The second kappa shape index (κ2) is 4.19. The molecular formula is C10H9ClO2. The molecule has 13 heavy (non-hydrogen) atoms. The Kier molecular flexibility index (Phi) is 3.20. The summed E-state index contributed by atoms with van der Waals surface area (Å²) in [5.41, 5.74) is 1.14. The third-order valence-corrected chi connectivity index (χ3v) is 1.98. The van der Waals surface area contributed by atoms with Crippen LogP contribution in [0.2, 0.25) is 0 Å². The van der Waals surface area contributed by atoms with Crippen LogP contribution in [0, 0.1) is 0 Å². The normalized spacial score (nSPS) is 9.69. The minimum absolute atomic E-state index is 0.00938. The molecule has 0 aliphatic heterocycles. The fraction of sp³-hybridized carbons (Fsp3) is 0.200. The molecule has 0 saturated heterocycles. The number of carbonyl (C=O) groups is 2. The standard InChI is InChI=1S/C10H9ClO2/c1-7(12)8-2-4-9(5-3-8)10(13)6-11/h2-5H,6H2,1H3. The molecule has 0 unspecified atom stereocenters. The molecule has 0 bridgehead atoms. The van der Waals surface area contributed by atoms with Crippen LogP contribution in [0.15, 0.2) is 24.3 Å². The van der Waals surface area contributed by atoms with E-state index in [1.165, 1.54) is 6.92 Å². The third kappa shape index (κ3) is 2.39. The van der Waals surface area contributed by atoms with Crippen LogP contribution in [0.4, 0.5) is 0 Å². The lowest BCUT2D eigenvalue weighted by molar-refractivity contribution is 0.100. The van der Waals surface area contributed by atoms with Gasteiger partial charge in [0.1, 0.15) is 0 Å². The molecule has 1 aromatic rings. The summed E-state index contributed by atoms with van der Waals surface area (Å²) in [4.78, 5) is 22.0. The topological polar surface area (TPSA) is 34.1 Å². The number of hydrogen-bond acceptors (Lipinski definition) is 2. The fourth-order valence-corrected chi connectivity index (χ4v) is 1.12. The summed E-state index contributed by atoms with van der Waals surface area (Å²) in [6.45, 7) is 1.48. The average Bonchev–Trinajstić information content (AvgIpc) is 2.17. The molecule has 0 saturated carbocycles. The van der Waals surface area contributed by atoms with Crippen molar-refractivity contribution in [2.45, 2.75) is 6.92 Å². The van der Waals surface area contributed by atoms with Gasteiger partial charge in [0.25, 0.3) is 0 Å². The van der Waals surface area contributed by atoms with Gasteiger partial charge in [-0.3, -0.25) is 9.59 Å². The summed E-state index contributed by atoms with van der Waals surface area (Å²) in [7, 11) is 0. The summed E-state index contributed by atoms with van der Waals surface area (Å²) in [5, 5.41) is 0. The number of hydrogen-bond donors (Lipinski definition) is 0. The van der Waals surface area contributed by atoms with Crippen molar-refractivity contribution >= 4 is 23.2 Å². The highest BCUT2D eigenvalue weighted by Gasteiger charge is 2.04. The van der Waals surface area contributed by atoms with Crippen molar-refractivity contribution in [1.29, 1.82) is 0 Å². The maximum absolute atomic E-state index is 11.1. The summed E-state index contributed by atoms with van der Waals surface area (Å²) in [5.74, 6) is -0.166. The van der Waals surface area contributed by atoms with Crippen LogP contribution in [-0.2, 0) is 0 Å². The van der Waals surface area contributed by atoms with Gasteiger partial charge < -0.3 is 0 Å². The third-order valence-electron chi connectivity index (χ3n) is 1.73. The van der Waals surface area contributed by atoms with Gasteiger partial charge in [-0.2, -0.15) is 0 Å². The summed E-state index contributed by atoms with van der Waals surface area (Å²) < 4.78 is 0. The quantitative estimate of drug-likeness (QED) is 0.549. The maximum atomic E-state index is 11.1. The van der Waals surface area contributed by atoms with Crippen LogP contribution in [-0.4, -0.2) is 17.4 Å². The number of carbonyl (C=O) groups excluding carboxylic acids is 2. The van der Waals surface area contributed by atoms with Gasteiger partial charge >= 0.3 is 0 Å². The van der Waals surface area contributed by atoms with E-state index in [1.807, 2.05) is 0 Å². The molecule has 0 spiro atoms. The van der Waals surface area contributed by atoms with Gasteiger partial charge in [-0.05, 0) is 6.92 Å². The predicted octanol–water partition coefficient (Wildman–Crippen LogP) is 2.31. The molecule has 0 atom stereocenters. The molecule has 68 valence electrons. The average molecular weight is 197 g/mol. The Labute approximate surface area is 81.5 Å². The first-order chi connectivity index (χ1) is 6.15. The van der Waals surface area contributed by atoms with E-state index in [2.05, 4.69) is 0 Å². The van der Waals surface area contributed by atoms with Crippen molar-refractivity contribution in [1.82, 2.24) is 0 Å². The number of halogens is 1. The Balaban J connectivity index is 2.93. The van der Waals surface area contributed by atoms with E-state index in [0.717, 1.165) is 0 Å². The van der Waals surface area contributed by atoms with Crippen LogP contribution in [0.25, 0.3) is 0 Å². The molecule has 3 heteroatoms. The zero-order valence-corrected chi connectivity index (χ0v) is 7.97. The predicted molar refractivity (Wildman–Crippen MR) is 51.5 cm³/mol. The second-order valence-corrected chi connectivity index (χ2v) is 2.96. The largest absolute Gasteiger partial charge is 0.295 e. The molecule has 2 nitrogen and oxygen atoms in total. The lowest BCUT2D eigenvalue weighted by Crippen LogP contribution is -2.00. The zero-order valence-electron chi connectivity index (χ0n) is 7.21. The molecule has 0 aliphatic carbocycles. The first-order valence-corrected chi connectivity index (χ1v) is 4.38. The lowest BCUT2D eigenvalue weighted by Gasteiger charge is -1.98. The molecule has 1 rings (SSSR count). The number of ketones is 2. The number of benzene rings is 1. The van der Waals surface area contributed by atoms with Crippen LogP contribution in [0.5, 0.6) is 0 Å². The van der Waals surface area contributed by atoms with Crippen molar-refractivity contribution < 1.29 is 9.59 Å². The Bertz CT molecular complexity index is 327. The van der Waals surface area contributed by atoms with E-state index in [-0.39, 0.29) is 17.4 Å².